The summed E-state index contributed by atoms with van der Waals surface area (Å²) in [4.78, 5) is 0. The van der Waals surface area contributed by atoms with Crippen LogP contribution in [0.1, 0.15) is 13.3 Å². The molecule has 6 nitrogen and oxygen atoms in total. The second kappa shape index (κ2) is 8.14. The fraction of sp³-hybridized carbons (Fsp3) is 0.667. The van der Waals surface area contributed by atoms with Gasteiger partial charge in [-0.05, 0) is 6.42 Å². The molecule has 9 heteroatoms. The van der Waals surface area contributed by atoms with Crippen LogP contribution in [-0.4, -0.2) is 45.2 Å². The standard InChI is InChI=1S/C12H18O6S2.Na/c1-12(7-16-3-2-4-20(13,14)15)8-17-10-5-19-6-11(10)18-9-12;/h5-6H,2-4,7-9H2,1H3,(H,13,14,15);/q;+1/p-1. The van der Waals surface area contributed by atoms with E-state index in [0.29, 0.717) is 19.8 Å². The van der Waals surface area contributed by atoms with Gasteiger partial charge in [-0.2, -0.15) is 0 Å². The van der Waals surface area contributed by atoms with Gasteiger partial charge in [0.1, 0.15) is 0 Å². The molecule has 0 saturated carbocycles. The minimum absolute atomic E-state index is 0. The second-order valence-corrected chi connectivity index (χ2v) is 7.42. The van der Waals surface area contributed by atoms with Crippen LogP contribution in [0.5, 0.6) is 11.5 Å². The molecule has 1 aliphatic rings. The van der Waals surface area contributed by atoms with Gasteiger partial charge in [0.25, 0.3) is 0 Å². The summed E-state index contributed by atoms with van der Waals surface area (Å²) >= 11 is 1.52. The van der Waals surface area contributed by atoms with Gasteiger partial charge in [-0.1, -0.05) is 6.92 Å². The van der Waals surface area contributed by atoms with Crippen molar-refractivity contribution in [2.24, 2.45) is 5.41 Å². The molecular weight excluding hydrogens is 327 g/mol. The van der Waals surface area contributed by atoms with Crippen molar-refractivity contribution >= 4 is 21.5 Å². The van der Waals surface area contributed by atoms with Crippen molar-refractivity contribution in [3.05, 3.63) is 10.8 Å². The number of ether oxygens (including phenoxy) is 3. The van der Waals surface area contributed by atoms with Crippen molar-refractivity contribution in [1.82, 2.24) is 0 Å². The summed E-state index contributed by atoms with van der Waals surface area (Å²) in [6, 6.07) is 0. The molecule has 1 aliphatic heterocycles. The van der Waals surface area contributed by atoms with Gasteiger partial charge in [0, 0.05) is 23.1 Å². The quantitative estimate of drug-likeness (QED) is 0.354. The molecule has 2 rings (SSSR count). The van der Waals surface area contributed by atoms with Crippen LogP contribution in [-0.2, 0) is 14.9 Å². The molecule has 0 radical (unpaired) electrons. The summed E-state index contributed by atoms with van der Waals surface area (Å²) < 4.78 is 48.1. The third-order valence-electron chi connectivity index (χ3n) is 2.88. The summed E-state index contributed by atoms with van der Waals surface area (Å²) in [5, 5.41) is 3.78. The fourth-order valence-corrected chi connectivity index (χ4v) is 2.92. The Morgan fingerprint density at radius 3 is 2.43 bits per heavy atom. The third kappa shape index (κ3) is 6.43. The topological polar surface area (TPSA) is 84.9 Å². The first-order chi connectivity index (χ1) is 9.38. The van der Waals surface area contributed by atoms with Gasteiger partial charge in [-0.3, -0.25) is 0 Å². The van der Waals surface area contributed by atoms with Crippen molar-refractivity contribution < 1.29 is 56.7 Å². The molecule has 0 aliphatic carbocycles. The van der Waals surface area contributed by atoms with E-state index >= 15 is 0 Å². The molecule has 0 unspecified atom stereocenters. The van der Waals surface area contributed by atoms with Crippen LogP contribution in [0.3, 0.4) is 0 Å². The Kier molecular flexibility index (Phi) is 7.45. The molecule has 114 valence electrons. The largest absolute Gasteiger partial charge is 1.00 e. The van der Waals surface area contributed by atoms with Gasteiger partial charge >= 0.3 is 29.6 Å². The number of thiophene rings is 1. The maximum atomic E-state index is 10.5. The molecule has 21 heavy (non-hydrogen) atoms. The van der Waals surface area contributed by atoms with Crippen molar-refractivity contribution in [3.8, 4) is 11.5 Å². The Bertz CT molecular complexity index is 519. The Hall–Kier alpha value is 0.170. The average molecular weight is 344 g/mol. The SMILES string of the molecule is CC1(COCCCS(=O)(=O)[O-])COc2cscc2OC1.[Na+]. The van der Waals surface area contributed by atoms with E-state index in [1.165, 1.54) is 11.3 Å². The number of rotatable bonds is 6. The molecule has 0 amide bonds. The van der Waals surface area contributed by atoms with Crippen LogP contribution in [0.25, 0.3) is 0 Å². The first-order valence-electron chi connectivity index (χ1n) is 6.21. The zero-order valence-corrected chi connectivity index (χ0v) is 15.8. The van der Waals surface area contributed by atoms with Crippen molar-refractivity contribution in [1.29, 1.82) is 0 Å². The Balaban J connectivity index is 0.00000220. The van der Waals surface area contributed by atoms with Crippen LogP contribution in [0.2, 0.25) is 0 Å². The van der Waals surface area contributed by atoms with Gasteiger partial charge in [-0.15, -0.1) is 11.3 Å². The summed E-state index contributed by atoms with van der Waals surface area (Å²) in [6.07, 6.45) is 0.205. The van der Waals surface area contributed by atoms with Crippen LogP contribution in [0.15, 0.2) is 10.8 Å². The predicted molar refractivity (Wildman–Crippen MR) is 73.4 cm³/mol. The molecule has 0 spiro atoms. The molecule has 0 N–H and O–H groups in total. The molecule has 0 saturated heterocycles. The first-order valence-corrected chi connectivity index (χ1v) is 8.73. The van der Waals surface area contributed by atoms with Crippen LogP contribution < -0.4 is 39.0 Å². The predicted octanol–water partition coefficient (Wildman–Crippen LogP) is -1.52. The monoisotopic (exact) mass is 344 g/mol. The molecule has 0 atom stereocenters. The zero-order chi connectivity index (χ0) is 14.6. The van der Waals surface area contributed by atoms with Crippen molar-refractivity contribution in [3.63, 3.8) is 0 Å². The average Bonchev–Trinajstić information content (AvgIpc) is 2.74. The van der Waals surface area contributed by atoms with E-state index in [-0.39, 0.29) is 48.0 Å². The smallest absolute Gasteiger partial charge is 0.748 e. The Morgan fingerprint density at radius 2 is 1.90 bits per heavy atom. The van der Waals surface area contributed by atoms with Gasteiger partial charge in [0.15, 0.2) is 11.5 Å². The molecule has 0 aromatic carbocycles. The van der Waals surface area contributed by atoms with E-state index in [1.807, 2.05) is 17.7 Å². The van der Waals surface area contributed by atoms with Crippen LogP contribution in [0, 0.1) is 5.41 Å². The summed E-state index contributed by atoms with van der Waals surface area (Å²) in [7, 11) is -4.16. The minimum Gasteiger partial charge on any atom is -0.748 e. The van der Waals surface area contributed by atoms with E-state index in [9.17, 15) is 13.0 Å². The fourth-order valence-electron chi connectivity index (χ4n) is 1.77. The molecule has 1 aromatic heterocycles. The molecule has 0 bridgehead atoms. The van der Waals surface area contributed by atoms with Gasteiger partial charge in [-0.25, -0.2) is 8.42 Å². The molecule has 2 heterocycles. The first kappa shape index (κ1) is 19.2. The Morgan fingerprint density at radius 1 is 1.33 bits per heavy atom. The van der Waals surface area contributed by atoms with Gasteiger partial charge in [0.2, 0.25) is 0 Å². The molecular formula is C12H17NaO6S2. The number of hydrogen-bond acceptors (Lipinski definition) is 7. The van der Waals surface area contributed by atoms with Gasteiger partial charge < -0.3 is 18.8 Å². The van der Waals surface area contributed by atoms with E-state index in [1.54, 1.807) is 0 Å². The molecule has 0 fully saturated rings. The minimum atomic E-state index is -4.16. The maximum absolute atomic E-state index is 10.5. The van der Waals surface area contributed by atoms with Crippen LogP contribution in [0.4, 0.5) is 0 Å². The van der Waals surface area contributed by atoms with E-state index < -0.39 is 15.9 Å². The Labute approximate surface area is 150 Å². The van der Waals surface area contributed by atoms with E-state index in [4.69, 9.17) is 14.2 Å². The molecule has 1 aromatic rings. The normalized spacial score (nSPS) is 16.9. The van der Waals surface area contributed by atoms with E-state index in [2.05, 4.69) is 0 Å². The van der Waals surface area contributed by atoms with Crippen molar-refractivity contribution in [2.75, 3.05) is 32.2 Å². The maximum Gasteiger partial charge on any atom is 1.00 e. The van der Waals surface area contributed by atoms with Gasteiger partial charge in [0.05, 0.1) is 35.4 Å². The summed E-state index contributed by atoms with van der Waals surface area (Å²) in [5.74, 6) is 1.10. The third-order valence-corrected chi connectivity index (χ3v) is 4.37. The number of fused-ring (bicyclic) bond motifs is 1. The summed E-state index contributed by atoms with van der Waals surface area (Å²) in [5.41, 5.74) is -0.299. The van der Waals surface area contributed by atoms with Crippen LogP contribution >= 0.6 is 11.3 Å². The van der Waals surface area contributed by atoms with E-state index in [0.717, 1.165) is 11.5 Å². The number of hydrogen-bond donors (Lipinski definition) is 0. The van der Waals surface area contributed by atoms with Crippen molar-refractivity contribution in [2.45, 2.75) is 13.3 Å². The summed E-state index contributed by atoms with van der Waals surface area (Å²) in [6.45, 7) is 3.54. The second-order valence-electron chi connectivity index (χ2n) is 5.16. The zero-order valence-electron chi connectivity index (χ0n) is 12.2.